The van der Waals surface area contributed by atoms with Crippen LogP contribution in [0.4, 0.5) is 0 Å². The summed E-state index contributed by atoms with van der Waals surface area (Å²) in [6, 6.07) is 6.72. The topological polar surface area (TPSA) is 34.1 Å². The molecule has 0 aliphatic heterocycles. The smallest absolute Gasteiger partial charge is 0.166 e. The Bertz CT molecular complexity index is 549. The average molecular weight is 294 g/mol. The van der Waals surface area contributed by atoms with E-state index in [1.807, 2.05) is 12.1 Å². The van der Waals surface area contributed by atoms with Crippen molar-refractivity contribution in [3.63, 3.8) is 0 Å². The SMILES string of the molecule is COc1cccc2sc(SNC3CCCCC3)nc12. The van der Waals surface area contributed by atoms with Crippen LogP contribution in [0.3, 0.4) is 0 Å². The van der Waals surface area contributed by atoms with Crippen LogP contribution in [0.2, 0.25) is 0 Å². The average Bonchev–Trinajstić information content (AvgIpc) is 2.89. The molecule has 1 saturated carbocycles. The standard InChI is InChI=1S/C14H18N2OS2/c1-17-11-8-5-9-12-13(11)15-14(18-12)19-16-10-6-3-2-4-7-10/h5,8-10,16H,2-4,6-7H2,1H3. The van der Waals surface area contributed by atoms with Crippen molar-refractivity contribution in [2.75, 3.05) is 7.11 Å². The van der Waals surface area contributed by atoms with E-state index in [-0.39, 0.29) is 0 Å². The lowest BCUT2D eigenvalue weighted by molar-refractivity contribution is 0.419. The molecule has 1 N–H and O–H groups in total. The van der Waals surface area contributed by atoms with Gasteiger partial charge in [0.25, 0.3) is 0 Å². The number of thiazole rings is 1. The molecule has 3 rings (SSSR count). The highest BCUT2D eigenvalue weighted by atomic mass is 32.2. The number of hydrogen-bond acceptors (Lipinski definition) is 5. The molecule has 1 aromatic carbocycles. The minimum atomic E-state index is 0.646. The van der Waals surface area contributed by atoms with Gasteiger partial charge in [0.1, 0.15) is 11.3 Å². The third-order valence-electron chi connectivity index (χ3n) is 3.50. The molecule has 0 unspecified atom stereocenters. The number of fused-ring (bicyclic) bond motifs is 1. The first-order valence-corrected chi connectivity index (χ1v) is 8.36. The predicted molar refractivity (Wildman–Crippen MR) is 82.0 cm³/mol. The van der Waals surface area contributed by atoms with Crippen LogP contribution >= 0.6 is 23.3 Å². The van der Waals surface area contributed by atoms with Gasteiger partial charge < -0.3 is 4.74 Å². The second kappa shape index (κ2) is 6.11. The maximum absolute atomic E-state index is 5.35. The summed E-state index contributed by atoms with van der Waals surface area (Å²) in [5.41, 5.74) is 0.975. The number of nitrogens with zero attached hydrogens (tertiary/aromatic N) is 1. The number of methoxy groups -OCH3 is 1. The van der Waals surface area contributed by atoms with Gasteiger partial charge in [-0.05, 0) is 36.9 Å². The molecular formula is C14H18N2OS2. The maximum Gasteiger partial charge on any atom is 0.166 e. The fourth-order valence-corrected chi connectivity index (χ4v) is 4.40. The Morgan fingerprint density at radius 2 is 2.16 bits per heavy atom. The van der Waals surface area contributed by atoms with Crippen molar-refractivity contribution in [3.05, 3.63) is 18.2 Å². The predicted octanol–water partition coefficient (Wildman–Crippen LogP) is 4.23. The number of benzene rings is 1. The van der Waals surface area contributed by atoms with Crippen LogP contribution in [0.15, 0.2) is 22.5 Å². The quantitative estimate of drug-likeness (QED) is 0.856. The fraction of sp³-hybridized carbons (Fsp3) is 0.500. The van der Waals surface area contributed by atoms with Crippen molar-refractivity contribution in [2.45, 2.75) is 42.5 Å². The Kier molecular flexibility index (Phi) is 4.25. The molecule has 0 atom stereocenters. The second-order valence-corrected chi connectivity index (χ2v) is 6.96. The first-order chi connectivity index (χ1) is 9.36. The molecule has 1 fully saturated rings. The van der Waals surface area contributed by atoms with Gasteiger partial charge in [-0.25, -0.2) is 4.98 Å². The van der Waals surface area contributed by atoms with E-state index in [1.165, 1.54) is 36.8 Å². The number of para-hydroxylation sites is 1. The normalized spacial score (nSPS) is 16.9. The number of hydrogen-bond donors (Lipinski definition) is 1. The van der Waals surface area contributed by atoms with Gasteiger partial charge in [0.2, 0.25) is 0 Å². The van der Waals surface area contributed by atoms with E-state index in [9.17, 15) is 0 Å². The van der Waals surface area contributed by atoms with Gasteiger partial charge in [-0.15, -0.1) is 11.3 Å². The van der Waals surface area contributed by atoms with Crippen LogP contribution in [-0.2, 0) is 0 Å². The molecule has 2 aromatic rings. The molecule has 1 aliphatic rings. The van der Waals surface area contributed by atoms with Gasteiger partial charge in [-0.3, -0.25) is 4.72 Å². The molecule has 0 saturated heterocycles. The van der Waals surface area contributed by atoms with E-state index < -0.39 is 0 Å². The van der Waals surface area contributed by atoms with E-state index >= 15 is 0 Å². The fourth-order valence-electron chi connectivity index (χ4n) is 2.47. The summed E-state index contributed by atoms with van der Waals surface area (Å²) in [6.07, 6.45) is 6.68. The molecule has 1 aromatic heterocycles. The second-order valence-electron chi connectivity index (χ2n) is 4.84. The van der Waals surface area contributed by atoms with Gasteiger partial charge in [0.05, 0.1) is 11.8 Å². The highest BCUT2D eigenvalue weighted by molar-refractivity contribution is 7.99. The number of aromatic nitrogens is 1. The lowest BCUT2D eigenvalue weighted by Gasteiger charge is -2.21. The van der Waals surface area contributed by atoms with Crippen LogP contribution in [0.5, 0.6) is 5.75 Å². The zero-order valence-corrected chi connectivity index (χ0v) is 12.6. The molecule has 0 radical (unpaired) electrons. The molecule has 5 heteroatoms. The van der Waals surface area contributed by atoms with Crippen LogP contribution in [0.25, 0.3) is 10.2 Å². The van der Waals surface area contributed by atoms with E-state index in [2.05, 4.69) is 15.8 Å². The Balaban J connectivity index is 1.70. The summed E-state index contributed by atoms with van der Waals surface area (Å²) < 4.78 is 11.2. The Morgan fingerprint density at radius 1 is 1.32 bits per heavy atom. The van der Waals surface area contributed by atoms with E-state index in [0.717, 1.165) is 15.6 Å². The van der Waals surface area contributed by atoms with Crippen LogP contribution < -0.4 is 9.46 Å². The highest BCUT2D eigenvalue weighted by Crippen LogP contribution is 2.33. The zero-order chi connectivity index (χ0) is 13.1. The molecule has 0 amide bonds. The van der Waals surface area contributed by atoms with Gasteiger partial charge >= 0.3 is 0 Å². The minimum Gasteiger partial charge on any atom is -0.494 e. The third-order valence-corrected chi connectivity index (χ3v) is 5.53. The summed E-state index contributed by atoms with van der Waals surface area (Å²) in [4.78, 5) is 4.66. The molecule has 1 heterocycles. The molecule has 0 spiro atoms. The van der Waals surface area contributed by atoms with Crippen molar-refractivity contribution in [3.8, 4) is 5.75 Å². The Labute approximate surface area is 121 Å². The van der Waals surface area contributed by atoms with E-state index in [4.69, 9.17) is 4.74 Å². The van der Waals surface area contributed by atoms with E-state index in [1.54, 1.807) is 30.4 Å². The van der Waals surface area contributed by atoms with Crippen molar-refractivity contribution in [1.82, 2.24) is 9.71 Å². The summed E-state index contributed by atoms with van der Waals surface area (Å²) in [5.74, 6) is 0.860. The first-order valence-electron chi connectivity index (χ1n) is 6.73. The lowest BCUT2D eigenvalue weighted by Crippen LogP contribution is -2.25. The molecule has 19 heavy (non-hydrogen) atoms. The van der Waals surface area contributed by atoms with Crippen molar-refractivity contribution in [1.29, 1.82) is 0 Å². The third kappa shape index (κ3) is 3.04. The van der Waals surface area contributed by atoms with Crippen LogP contribution in [-0.4, -0.2) is 18.1 Å². The zero-order valence-electron chi connectivity index (χ0n) is 11.0. The molecule has 102 valence electrons. The molecule has 1 aliphatic carbocycles. The monoisotopic (exact) mass is 294 g/mol. The lowest BCUT2D eigenvalue weighted by atomic mass is 9.96. The largest absolute Gasteiger partial charge is 0.494 e. The maximum atomic E-state index is 5.35. The van der Waals surface area contributed by atoms with Crippen LogP contribution in [0.1, 0.15) is 32.1 Å². The van der Waals surface area contributed by atoms with Crippen molar-refractivity contribution in [2.24, 2.45) is 0 Å². The van der Waals surface area contributed by atoms with Crippen molar-refractivity contribution >= 4 is 33.5 Å². The van der Waals surface area contributed by atoms with Gasteiger partial charge in [-0.1, -0.05) is 25.3 Å². The molecular weight excluding hydrogens is 276 g/mol. The number of nitrogens with one attached hydrogen (secondary N) is 1. The van der Waals surface area contributed by atoms with Gasteiger partial charge in [0.15, 0.2) is 4.34 Å². The van der Waals surface area contributed by atoms with E-state index in [0.29, 0.717) is 6.04 Å². The minimum absolute atomic E-state index is 0.646. The van der Waals surface area contributed by atoms with Crippen LogP contribution in [0, 0.1) is 0 Å². The number of ether oxygens (including phenoxy) is 1. The number of rotatable bonds is 4. The summed E-state index contributed by atoms with van der Waals surface area (Å²) in [5, 5.41) is 0. The summed E-state index contributed by atoms with van der Waals surface area (Å²) >= 11 is 3.40. The van der Waals surface area contributed by atoms with Gasteiger partial charge in [0, 0.05) is 6.04 Å². The Morgan fingerprint density at radius 3 is 2.95 bits per heavy atom. The van der Waals surface area contributed by atoms with Crippen molar-refractivity contribution < 1.29 is 4.74 Å². The Hall–Kier alpha value is -0.780. The highest BCUT2D eigenvalue weighted by Gasteiger charge is 2.15. The molecule has 0 bridgehead atoms. The first kappa shape index (κ1) is 13.2. The molecule has 3 nitrogen and oxygen atoms in total. The summed E-state index contributed by atoms with van der Waals surface area (Å²) in [7, 11) is 1.70. The summed E-state index contributed by atoms with van der Waals surface area (Å²) in [6.45, 7) is 0. The van der Waals surface area contributed by atoms with Gasteiger partial charge in [-0.2, -0.15) is 0 Å².